The number of rotatable bonds is 5. The number of amides is 2. The molecular formula is C13H20N4O4. The van der Waals surface area contributed by atoms with E-state index in [4.69, 9.17) is 9.84 Å². The lowest BCUT2D eigenvalue weighted by molar-refractivity contribution is 0.0691. The first-order chi connectivity index (χ1) is 9.99. The van der Waals surface area contributed by atoms with Crippen molar-refractivity contribution < 1.29 is 19.4 Å². The van der Waals surface area contributed by atoms with Crippen LogP contribution in [0.15, 0.2) is 12.5 Å². The summed E-state index contributed by atoms with van der Waals surface area (Å²) in [4.78, 5) is 28.1. The molecule has 1 fully saturated rings. The molecule has 2 rings (SSSR count). The van der Waals surface area contributed by atoms with E-state index in [0.29, 0.717) is 19.7 Å². The Kier molecular flexibility index (Phi) is 4.79. The molecule has 2 atom stereocenters. The van der Waals surface area contributed by atoms with Crippen LogP contribution in [0.2, 0.25) is 0 Å². The highest BCUT2D eigenvalue weighted by Crippen LogP contribution is 2.17. The van der Waals surface area contributed by atoms with Gasteiger partial charge in [0.05, 0.1) is 18.5 Å². The van der Waals surface area contributed by atoms with Crippen LogP contribution >= 0.6 is 0 Å². The van der Waals surface area contributed by atoms with Gasteiger partial charge in [-0.1, -0.05) is 0 Å². The van der Waals surface area contributed by atoms with Gasteiger partial charge in [0.2, 0.25) is 0 Å². The summed E-state index contributed by atoms with van der Waals surface area (Å²) in [5, 5.41) is 11.6. The molecule has 2 heterocycles. The Morgan fingerprint density at radius 1 is 1.62 bits per heavy atom. The number of carboxylic acid groups (broad SMARTS) is 1. The lowest BCUT2D eigenvalue weighted by Gasteiger charge is -2.26. The fraction of sp³-hybridized carbons (Fsp3) is 0.615. The van der Waals surface area contributed by atoms with Crippen LogP contribution in [0, 0.1) is 0 Å². The average molecular weight is 296 g/mol. The molecule has 0 aromatic carbocycles. The number of urea groups is 1. The molecule has 116 valence electrons. The number of aromatic nitrogens is 2. The van der Waals surface area contributed by atoms with Crippen molar-refractivity contribution in [1.82, 2.24) is 19.8 Å². The van der Waals surface area contributed by atoms with E-state index in [1.807, 2.05) is 6.92 Å². The first-order valence-electron chi connectivity index (χ1n) is 6.86. The number of likely N-dealkylation sites (N-methyl/N-ethyl adjacent to an activating group) is 1. The Labute approximate surface area is 122 Å². The van der Waals surface area contributed by atoms with Crippen LogP contribution in [0.3, 0.4) is 0 Å². The maximum absolute atomic E-state index is 12.0. The number of hydrogen-bond donors (Lipinski definition) is 2. The summed E-state index contributed by atoms with van der Waals surface area (Å²) in [6.07, 6.45) is 3.76. The normalized spacial score (nSPS) is 21.2. The monoisotopic (exact) mass is 296 g/mol. The molecule has 1 aromatic heterocycles. The molecule has 2 N–H and O–H groups in total. The third kappa shape index (κ3) is 3.72. The summed E-state index contributed by atoms with van der Waals surface area (Å²) in [7, 11) is 1.75. The Bertz CT molecular complexity index is 516. The van der Waals surface area contributed by atoms with Crippen molar-refractivity contribution in [2.45, 2.75) is 32.0 Å². The molecule has 1 aliphatic rings. The number of ether oxygens (including phenoxy) is 1. The first-order valence-corrected chi connectivity index (χ1v) is 6.86. The van der Waals surface area contributed by atoms with Gasteiger partial charge in [0.1, 0.15) is 0 Å². The summed E-state index contributed by atoms with van der Waals surface area (Å²) in [5.74, 6) is -1.06. The van der Waals surface area contributed by atoms with Gasteiger partial charge in [-0.25, -0.2) is 14.6 Å². The first kappa shape index (κ1) is 15.3. The largest absolute Gasteiger partial charge is 0.476 e. The van der Waals surface area contributed by atoms with Gasteiger partial charge >= 0.3 is 12.0 Å². The maximum Gasteiger partial charge on any atom is 0.356 e. The highest BCUT2D eigenvalue weighted by molar-refractivity contribution is 5.84. The number of carboxylic acids is 1. The van der Waals surface area contributed by atoms with Crippen LogP contribution in [0.5, 0.6) is 0 Å². The van der Waals surface area contributed by atoms with Crippen LogP contribution in [0.1, 0.15) is 23.8 Å². The van der Waals surface area contributed by atoms with Crippen molar-refractivity contribution in [2.75, 3.05) is 20.2 Å². The van der Waals surface area contributed by atoms with Crippen LogP contribution in [-0.2, 0) is 11.3 Å². The average Bonchev–Trinajstić information content (AvgIpc) is 3.06. The standard InChI is InChI=1S/C13H20N4O4/c1-9-11(3-6-21-9)16(2)13(20)14-4-5-17-7-10(12(18)19)15-8-17/h7-9,11H,3-6H2,1-2H3,(H,14,20)(H,18,19). The third-order valence-corrected chi connectivity index (χ3v) is 3.65. The van der Waals surface area contributed by atoms with E-state index in [1.54, 1.807) is 16.5 Å². The molecule has 1 saturated heterocycles. The Balaban J connectivity index is 1.77. The summed E-state index contributed by atoms with van der Waals surface area (Å²) in [6.45, 7) is 3.51. The zero-order chi connectivity index (χ0) is 15.4. The number of nitrogens with one attached hydrogen (secondary N) is 1. The smallest absolute Gasteiger partial charge is 0.356 e. The number of carbonyl (C=O) groups is 2. The Morgan fingerprint density at radius 3 is 2.95 bits per heavy atom. The Morgan fingerprint density at radius 2 is 2.38 bits per heavy atom. The van der Waals surface area contributed by atoms with Gasteiger partial charge in [0.25, 0.3) is 0 Å². The predicted molar refractivity (Wildman–Crippen MR) is 74.2 cm³/mol. The van der Waals surface area contributed by atoms with E-state index in [1.165, 1.54) is 12.5 Å². The summed E-state index contributed by atoms with van der Waals surface area (Å²) in [5.41, 5.74) is -0.00428. The molecule has 1 aromatic rings. The lowest BCUT2D eigenvalue weighted by atomic mass is 10.1. The molecule has 0 radical (unpaired) electrons. The van der Waals surface area contributed by atoms with E-state index in [0.717, 1.165) is 6.42 Å². The molecular weight excluding hydrogens is 276 g/mol. The van der Waals surface area contributed by atoms with Crippen LogP contribution in [0.25, 0.3) is 0 Å². The van der Waals surface area contributed by atoms with Gasteiger partial charge in [0, 0.05) is 32.9 Å². The maximum atomic E-state index is 12.0. The van der Waals surface area contributed by atoms with Crippen LogP contribution < -0.4 is 5.32 Å². The molecule has 0 aliphatic carbocycles. The van der Waals surface area contributed by atoms with Crippen molar-refractivity contribution in [3.05, 3.63) is 18.2 Å². The predicted octanol–water partition coefficient (Wildman–Crippen LogP) is 0.400. The zero-order valence-corrected chi connectivity index (χ0v) is 12.2. The molecule has 21 heavy (non-hydrogen) atoms. The minimum absolute atomic E-state index is 0.00428. The molecule has 0 spiro atoms. The van der Waals surface area contributed by atoms with Gasteiger partial charge < -0.3 is 24.6 Å². The number of nitrogens with zero attached hydrogens (tertiary/aromatic N) is 3. The quantitative estimate of drug-likeness (QED) is 0.820. The topological polar surface area (TPSA) is 96.7 Å². The van der Waals surface area contributed by atoms with Crippen molar-refractivity contribution in [1.29, 1.82) is 0 Å². The van der Waals surface area contributed by atoms with Gasteiger partial charge in [0.15, 0.2) is 5.69 Å². The molecule has 2 unspecified atom stereocenters. The van der Waals surface area contributed by atoms with E-state index in [9.17, 15) is 9.59 Å². The minimum atomic E-state index is -1.06. The van der Waals surface area contributed by atoms with Gasteiger partial charge in [-0.2, -0.15) is 0 Å². The second-order valence-corrected chi connectivity index (χ2v) is 5.08. The van der Waals surface area contributed by atoms with E-state index >= 15 is 0 Å². The van der Waals surface area contributed by atoms with Gasteiger partial charge in [-0.3, -0.25) is 0 Å². The summed E-state index contributed by atoms with van der Waals surface area (Å²) >= 11 is 0. The van der Waals surface area contributed by atoms with E-state index in [2.05, 4.69) is 10.3 Å². The number of carbonyl (C=O) groups excluding carboxylic acids is 1. The molecule has 2 amide bonds. The van der Waals surface area contributed by atoms with Crippen LogP contribution in [-0.4, -0.2) is 63.9 Å². The van der Waals surface area contributed by atoms with Gasteiger partial charge in [-0.15, -0.1) is 0 Å². The second-order valence-electron chi connectivity index (χ2n) is 5.08. The molecule has 8 heteroatoms. The highest BCUT2D eigenvalue weighted by atomic mass is 16.5. The van der Waals surface area contributed by atoms with Crippen molar-refractivity contribution in [3.8, 4) is 0 Å². The zero-order valence-electron chi connectivity index (χ0n) is 12.2. The highest BCUT2D eigenvalue weighted by Gasteiger charge is 2.30. The van der Waals surface area contributed by atoms with Crippen LogP contribution in [0.4, 0.5) is 4.79 Å². The molecule has 0 saturated carbocycles. The summed E-state index contributed by atoms with van der Waals surface area (Å²) < 4.78 is 7.08. The fourth-order valence-electron chi connectivity index (χ4n) is 2.39. The molecule has 0 bridgehead atoms. The molecule has 8 nitrogen and oxygen atoms in total. The number of aromatic carboxylic acids is 1. The fourth-order valence-corrected chi connectivity index (χ4v) is 2.39. The van der Waals surface area contributed by atoms with Gasteiger partial charge in [-0.05, 0) is 13.3 Å². The minimum Gasteiger partial charge on any atom is -0.476 e. The second kappa shape index (κ2) is 6.57. The van der Waals surface area contributed by atoms with Crippen molar-refractivity contribution in [2.24, 2.45) is 0 Å². The SMILES string of the molecule is CC1OCCC1N(C)C(=O)NCCn1cnc(C(=O)O)c1. The third-order valence-electron chi connectivity index (χ3n) is 3.65. The molecule has 1 aliphatic heterocycles. The lowest BCUT2D eigenvalue weighted by Crippen LogP contribution is -2.46. The Hall–Kier alpha value is -2.09. The van der Waals surface area contributed by atoms with Crippen molar-refractivity contribution >= 4 is 12.0 Å². The number of hydrogen-bond acceptors (Lipinski definition) is 4. The van der Waals surface area contributed by atoms with Crippen molar-refractivity contribution in [3.63, 3.8) is 0 Å². The van der Waals surface area contributed by atoms with E-state index < -0.39 is 5.97 Å². The number of imidazole rings is 1. The van der Waals surface area contributed by atoms with E-state index in [-0.39, 0.29) is 23.9 Å². The summed E-state index contributed by atoms with van der Waals surface area (Å²) in [6, 6.07) is -0.0622.